The molecule has 0 fully saturated rings. The molecule has 5 rings (SSSR count). The number of anilines is 1. The molecule has 5 aromatic carbocycles. The van der Waals surface area contributed by atoms with E-state index in [0.29, 0.717) is 5.56 Å². The molecule has 0 spiro atoms. The number of rotatable bonds is 6. The fourth-order valence-corrected chi connectivity index (χ4v) is 4.78. The van der Waals surface area contributed by atoms with Gasteiger partial charge in [-0.2, -0.15) is 0 Å². The lowest BCUT2D eigenvalue weighted by molar-refractivity contribution is 0.102. The Balaban J connectivity index is 1.61. The predicted octanol–water partition coefficient (Wildman–Crippen LogP) is 7.63. The summed E-state index contributed by atoms with van der Waals surface area (Å²) in [6, 6.07) is 47.6. The van der Waals surface area contributed by atoms with Gasteiger partial charge < -0.3 is 5.32 Å². The number of carbonyl (C=O) groups is 1. The molecule has 0 bridgehead atoms. The van der Waals surface area contributed by atoms with Crippen LogP contribution in [0.25, 0.3) is 0 Å². The van der Waals surface area contributed by atoms with Crippen molar-refractivity contribution in [3.05, 3.63) is 173 Å². The maximum atomic E-state index is 12.8. The lowest BCUT2D eigenvalue weighted by atomic mass is 9.65. The van der Waals surface area contributed by atoms with Crippen LogP contribution in [0.1, 0.15) is 38.2 Å². The molecule has 0 heterocycles. The van der Waals surface area contributed by atoms with E-state index in [1.807, 2.05) is 61.5 Å². The zero-order valence-corrected chi connectivity index (χ0v) is 19.7. The summed E-state index contributed by atoms with van der Waals surface area (Å²) < 4.78 is 0. The third-order valence-corrected chi connectivity index (χ3v) is 6.51. The van der Waals surface area contributed by atoms with E-state index in [4.69, 9.17) is 0 Å². The lowest BCUT2D eigenvalue weighted by Crippen LogP contribution is -2.31. The topological polar surface area (TPSA) is 29.1 Å². The van der Waals surface area contributed by atoms with Crippen molar-refractivity contribution in [3.63, 3.8) is 0 Å². The van der Waals surface area contributed by atoms with Crippen molar-refractivity contribution in [3.8, 4) is 0 Å². The largest absolute Gasteiger partial charge is 0.322 e. The predicted molar refractivity (Wildman–Crippen MR) is 144 cm³/mol. The molecule has 0 aromatic heterocycles. The van der Waals surface area contributed by atoms with Crippen LogP contribution >= 0.6 is 0 Å². The monoisotopic (exact) mass is 453 g/mol. The highest BCUT2D eigenvalue weighted by Gasteiger charge is 2.38. The Hall–Kier alpha value is -4.43. The van der Waals surface area contributed by atoms with Gasteiger partial charge in [-0.25, -0.2) is 0 Å². The van der Waals surface area contributed by atoms with Crippen molar-refractivity contribution in [1.29, 1.82) is 0 Å². The Bertz CT molecular complexity index is 1300. The van der Waals surface area contributed by atoms with E-state index in [1.54, 1.807) is 0 Å². The van der Waals surface area contributed by atoms with E-state index in [1.165, 1.54) is 16.7 Å². The van der Waals surface area contributed by atoms with E-state index in [0.717, 1.165) is 16.8 Å². The van der Waals surface area contributed by atoms with E-state index < -0.39 is 5.41 Å². The van der Waals surface area contributed by atoms with Crippen molar-refractivity contribution in [2.75, 3.05) is 5.32 Å². The highest BCUT2D eigenvalue weighted by Crippen LogP contribution is 2.45. The number of benzene rings is 5. The molecule has 0 aliphatic heterocycles. The maximum Gasteiger partial charge on any atom is 0.255 e. The Morgan fingerprint density at radius 1 is 0.514 bits per heavy atom. The third-order valence-electron chi connectivity index (χ3n) is 6.51. The molecule has 170 valence electrons. The molecule has 0 saturated carbocycles. The van der Waals surface area contributed by atoms with Crippen LogP contribution in [0.2, 0.25) is 0 Å². The molecule has 0 aliphatic rings. The van der Waals surface area contributed by atoms with E-state index in [2.05, 4.69) is 90.2 Å². The number of amides is 1. The van der Waals surface area contributed by atoms with E-state index in [9.17, 15) is 4.79 Å². The summed E-state index contributed by atoms with van der Waals surface area (Å²) in [5.41, 5.74) is 6.74. The van der Waals surface area contributed by atoms with Crippen LogP contribution in [0.5, 0.6) is 0 Å². The average molecular weight is 454 g/mol. The van der Waals surface area contributed by atoms with Crippen LogP contribution in [-0.4, -0.2) is 5.91 Å². The first-order chi connectivity index (χ1) is 17.2. The number of carbonyl (C=O) groups excluding carboxylic acids is 1. The number of hydrogen-bond donors (Lipinski definition) is 1. The van der Waals surface area contributed by atoms with Crippen molar-refractivity contribution in [2.45, 2.75) is 12.3 Å². The van der Waals surface area contributed by atoms with Gasteiger partial charge in [0.2, 0.25) is 0 Å². The lowest BCUT2D eigenvalue weighted by Gasteiger charge is -2.37. The second-order valence-corrected chi connectivity index (χ2v) is 8.75. The van der Waals surface area contributed by atoms with Gasteiger partial charge in [0.05, 0.1) is 5.41 Å². The number of hydrogen-bond acceptors (Lipinski definition) is 1. The highest BCUT2D eigenvalue weighted by atomic mass is 16.1. The summed E-state index contributed by atoms with van der Waals surface area (Å²) in [7, 11) is 0. The second-order valence-electron chi connectivity index (χ2n) is 8.75. The Kier molecular flexibility index (Phi) is 6.28. The minimum atomic E-state index is -0.497. The zero-order valence-electron chi connectivity index (χ0n) is 19.7. The smallest absolute Gasteiger partial charge is 0.255 e. The normalized spacial score (nSPS) is 11.1. The van der Waals surface area contributed by atoms with Gasteiger partial charge in [0.1, 0.15) is 0 Å². The average Bonchev–Trinajstić information content (AvgIpc) is 2.92. The van der Waals surface area contributed by atoms with Gasteiger partial charge in [-0.3, -0.25) is 4.79 Å². The molecule has 1 amide bonds. The zero-order chi connectivity index (χ0) is 24.1. The quantitative estimate of drug-likeness (QED) is 0.263. The SMILES string of the molecule is Cc1ccc(C(=O)Nc2ccc(C(c3ccccc3)(c3ccccc3)c3ccccc3)cc2)cc1. The molecule has 0 unspecified atom stereocenters. The van der Waals surface area contributed by atoms with Gasteiger partial charge in [0.15, 0.2) is 0 Å². The summed E-state index contributed by atoms with van der Waals surface area (Å²) in [6.45, 7) is 2.01. The summed E-state index contributed by atoms with van der Waals surface area (Å²) in [5.74, 6) is -0.113. The highest BCUT2D eigenvalue weighted by molar-refractivity contribution is 6.04. The molecular formula is C33H27NO. The molecule has 0 atom stereocenters. The molecule has 1 N–H and O–H groups in total. The van der Waals surface area contributed by atoms with Gasteiger partial charge in [-0.05, 0) is 53.4 Å². The molecule has 2 nitrogen and oxygen atoms in total. The third kappa shape index (κ3) is 4.39. The van der Waals surface area contributed by atoms with Gasteiger partial charge in [-0.15, -0.1) is 0 Å². The Morgan fingerprint density at radius 2 is 0.914 bits per heavy atom. The minimum absolute atomic E-state index is 0.113. The number of aryl methyl sites for hydroxylation is 1. The summed E-state index contributed by atoms with van der Waals surface area (Å²) >= 11 is 0. The van der Waals surface area contributed by atoms with Crippen LogP contribution in [-0.2, 0) is 5.41 Å². The Labute approximate surface area is 206 Å². The first-order valence-electron chi connectivity index (χ1n) is 11.8. The molecule has 35 heavy (non-hydrogen) atoms. The molecule has 0 saturated heterocycles. The first kappa shape index (κ1) is 22.4. The fourth-order valence-electron chi connectivity index (χ4n) is 4.78. The summed E-state index contributed by atoms with van der Waals surface area (Å²) in [4.78, 5) is 12.8. The van der Waals surface area contributed by atoms with Crippen molar-refractivity contribution >= 4 is 11.6 Å². The standard InChI is InChI=1S/C33H27NO/c1-25-17-19-26(20-18-25)32(35)34-31-23-21-30(22-24-31)33(27-11-5-2-6-12-27,28-13-7-3-8-14-28)29-15-9-4-10-16-29/h2-24H,1H3,(H,34,35). The van der Waals surface area contributed by atoms with Gasteiger partial charge >= 0.3 is 0 Å². The van der Waals surface area contributed by atoms with E-state index in [-0.39, 0.29) is 5.91 Å². The minimum Gasteiger partial charge on any atom is -0.322 e. The van der Waals surface area contributed by atoms with Crippen LogP contribution in [0, 0.1) is 6.92 Å². The first-order valence-corrected chi connectivity index (χ1v) is 11.8. The molecule has 5 aromatic rings. The van der Waals surface area contributed by atoms with Crippen LogP contribution in [0.4, 0.5) is 5.69 Å². The van der Waals surface area contributed by atoms with Crippen LogP contribution < -0.4 is 5.32 Å². The van der Waals surface area contributed by atoms with Crippen molar-refractivity contribution < 1.29 is 4.79 Å². The second kappa shape index (κ2) is 9.82. The molecule has 0 radical (unpaired) electrons. The van der Waals surface area contributed by atoms with Crippen LogP contribution in [0.15, 0.2) is 140 Å². The van der Waals surface area contributed by atoms with Gasteiger partial charge in [0, 0.05) is 11.3 Å². The maximum absolute atomic E-state index is 12.8. The van der Waals surface area contributed by atoms with E-state index >= 15 is 0 Å². The summed E-state index contributed by atoms with van der Waals surface area (Å²) in [5, 5.41) is 3.04. The summed E-state index contributed by atoms with van der Waals surface area (Å²) in [6.07, 6.45) is 0. The molecule has 0 aliphatic carbocycles. The Morgan fingerprint density at radius 3 is 1.34 bits per heavy atom. The van der Waals surface area contributed by atoms with Crippen molar-refractivity contribution in [1.82, 2.24) is 0 Å². The molecular weight excluding hydrogens is 426 g/mol. The van der Waals surface area contributed by atoms with Crippen molar-refractivity contribution in [2.24, 2.45) is 0 Å². The van der Waals surface area contributed by atoms with Gasteiger partial charge in [0.25, 0.3) is 5.91 Å². The number of nitrogens with one attached hydrogen (secondary N) is 1. The van der Waals surface area contributed by atoms with Gasteiger partial charge in [-0.1, -0.05) is 121 Å². The fraction of sp³-hybridized carbons (Fsp3) is 0.0606. The van der Waals surface area contributed by atoms with Crippen LogP contribution in [0.3, 0.4) is 0 Å². The molecule has 2 heteroatoms.